The molecule has 3 aromatic heterocycles. The van der Waals surface area contributed by atoms with Gasteiger partial charge >= 0.3 is 0 Å². The van der Waals surface area contributed by atoms with E-state index < -0.39 is 17.7 Å². The maximum absolute atomic E-state index is 14.1. The molecule has 3 heterocycles. The number of hydrogen-bond donors (Lipinski definition) is 3. The number of hydrogen-bond acceptors (Lipinski definition) is 6. The van der Waals surface area contributed by atoms with Crippen LogP contribution in [0.15, 0.2) is 36.8 Å². The van der Waals surface area contributed by atoms with Crippen LogP contribution in [0.2, 0.25) is 0 Å². The fourth-order valence-electron chi connectivity index (χ4n) is 3.28. The fraction of sp³-hybridized carbons (Fsp3) is 0.391. The number of rotatable bonds is 8. The minimum atomic E-state index is -1.60. The molecule has 9 heteroatoms. The predicted octanol–water partition coefficient (Wildman–Crippen LogP) is 2.95. The van der Waals surface area contributed by atoms with E-state index in [1.54, 1.807) is 16.7 Å². The molecule has 32 heavy (non-hydrogen) atoms. The number of carbonyl (C=O) groups excluding carboxylic acids is 1. The van der Waals surface area contributed by atoms with Gasteiger partial charge in [0.15, 0.2) is 0 Å². The zero-order valence-electron chi connectivity index (χ0n) is 18.0. The molecule has 1 aliphatic carbocycles. The second kappa shape index (κ2) is 8.55. The molecule has 8 nitrogen and oxygen atoms in total. The Morgan fingerprint density at radius 3 is 2.84 bits per heavy atom. The van der Waals surface area contributed by atoms with E-state index in [0.29, 0.717) is 34.2 Å². The highest BCUT2D eigenvalue weighted by Gasteiger charge is 2.27. The van der Waals surface area contributed by atoms with Gasteiger partial charge in [0.05, 0.1) is 29.0 Å². The lowest BCUT2D eigenvalue weighted by atomic mass is 10.0. The lowest BCUT2D eigenvalue weighted by Crippen LogP contribution is -2.42. The Morgan fingerprint density at radius 2 is 2.16 bits per heavy atom. The van der Waals surface area contributed by atoms with Gasteiger partial charge in [0.1, 0.15) is 23.7 Å². The van der Waals surface area contributed by atoms with Crippen LogP contribution in [-0.2, 0) is 0 Å². The molecule has 166 valence electrons. The lowest BCUT2D eigenvalue weighted by Gasteiger charge is -2.22. The number of anilines is 1. The van der Waals surface area contributed by atoms with Crippen LogP contribution in [0, 0.1) is 17.2 Å². The highest BCUT2D eigenvalue weighted by atomic mass is 19.1. The summed E-state index contributed by atoms with van der Waals surface area (Å²) in [4.78, 5) is 21.5. The maximum atomic E-state index is 14.1. The van der Waals surface area contributed by atoms with Gasteiger partial charge < -0.3 is 15.7 Å². The molecule has 0 spiro atoms. The van der Waals surface area contributed by atoms with E-state index in [4.69, 9.17) is 5.26 Å². The number of nitriles is 1. The summed E-state index contributed by atoms with van der Waals surface area (Å²) in [6.45, 7) is 3.14. The van der Waals surface area contributed by atoms with Crippen molar-refractivity contribution in [1.29, 1.82) is 5.26 Å². The van der Waals surface area contributed by atoms with Crippen LogP contribution < -0.4 is 10.6 Å². The summed E-state index contributed by atoms with van der Waals surface area (Å²) in [6.07, 6.45) is 5.46. The number of nitrogens with one attached hydrogen (secondary N) is 2. The van der Waals surface area contributed by atoms with Gasteiger partial charge in [-0.05, 0) is 44.7 Å². The van der Waals surface area contributed by atoms with E-state index in [-0.39, 0.29) is 6.54 Å². The molecule has 0 bridgehead atoms. The molecular weight excluding hydrogens is 411 g/mol. The number of pyridine rings is 2. The van der Waals surface area contributed by atoms with Gasteiger partial charge in [0.25, 0.3) is 5.91 Å². The summed E-state index contributed by atoms with van der Waals surface area (Å²) in [7, 11) is 0. The third kappa shape index (κ3) is 4.70. The number of carbonyl (C=O) groups is 1. The van der Waals surface area contributed by atoms with Crippen LogP contribution >= 0.6 is 0 Å². The SMILES string of the molecule is CC(C)(O)C(F)CNC(=O)c1cnc(-n2ccc3cc(C#N)cnc32)cc1NCC1CC1. The molecule has 0 radical (unpaired) electrons. The molecule has 1 aliphatic rings. The first-order valence-corrected chi connectivity index (χ1v) is 10.5. The molecular formula is C23H25FN6O2. The Morgan fingerprint density at radius 1 is 1.38 bits per heavy atom. The smallest absolute Gasteiger partial charge is 0.255 e. The molecule has 0 saturated heterocycles. The van der Waals surface area contributed by atoms with E-state index in [0.717, 1.165) is 24.8 Å². The Bertz CT molecular complexity index is 1190. The van der Waals surface area contributed by atoms with Gasteiger partial charge in [0.2, 0.25) is 0 Å². The standard InChI is InChI=1S/C23H25FN6O2/c1-23(2,32)19(24)13-29-22(31)17-12-27-20(8-18(17)26-10-14-3-4-14)30-6-5-16-7-15(9-25)11-28-21(16)30/h5-8,11-12,14,19,32H,3-4,10,13H2,1-2H3,(H,26,27)(H,29,31). The largest absolute Gasteiger partial charge is 0.387 e. The van der Waals surface area contributed by atoms with Gasteiger partial charge in [-0.25, -0.2) is 14.4 Å². The molecule has 1 saturated carbocycles. The first kappa shape index (κ1) is 21.7. The van der Waals surface area contributed by atoms with E-state index in [1.807, 2.05) is 12.3 Å². The minimum absolute atomic E-state index is 0.300. The first-order valence-electron chi connectivity index (χ1n) is 10.5. The highest BCUT2D eigenvalue weighted by Crippen LogP contribution is 2.30. The normalized spacial score (nSPS) is 14.7. The van der Waals surface area contributed by atoms with Crippen molar-refractivity contribution < 1.29 is 14.3 Å². The summed E-state index contributed by atoms with van der Waals surface area (Å²) in [6, 6.07) is 7.44. The Labute approximate surface area is 185 Å². The third-order valence-corrected chi connectivity index (χ3v) is 5.52. The molecule has 1 unspecified atom stereocenters. The quantitative estimate of drug-likeness (QED) is 0.500. The van der Waals surface area contributed by atoms with Crippen molar-refractivity contribution >= 4 is 22.6 Å². The average molecular weight is 436 g/mol. The molecule has 1 amide bonds. The molecule has 4 rings (SSSR count). The maximum Gasteiger partial charge on any atom is 0.255 e. The van der Waals surface area contributed by atoms with Crippen LogP contribution in [0.3, 0.4) is 0 Å². The van der Waals surface area contributed by atoms with Gasteiger partial charge in [0, 0.05) is 36.6 Å². The van der Waals surface area contributed by atoms with Crippen molar-refractivity contribution in [3.63, 3.8) is 0 Å². The van der Waals surface area contributed by atoms with Crippen molar-refractivity contribution in [2.75, 3.05) is 18.4 Å². The summed E-state index contributed by atoms with van der Waals surface area (Å²) >= 11 is 0. The van der Waals surface area contributed by atoms with Crippen LogP contribution in [0.4, 0.5) is 10.1 Å². The second-order valence-corrected chi connectivity index (χ2v) is 8.68. The highest BCUT2D eigenvalue weighted by molar-refractivity contribution is 5.99. The van der Waals surface area contributed by atoms with Crippen molar-refractivity contribution in [2.24, 2.45) is 5.92 Å². The van der Waals surface area contributed by atoms with Crippen LogP contribution in [0.25, 0.3) is 16.9 Å². The van der Waals surface area contributed by atoms with E-state index >= 15 is 0 Å². The molecule has 3 N–H and O–H groups in total. The van der Waals surface area contributed by atoms with Crippen molar-refractivity contribution in [3.05, 3.63) is 47.9 Å². The topological polar surface area (TPSA) is 116 Å². The molecule has 1 fully saturated rings. The molecule has 3 aromatic rings. The summed E-state index contributed by atoms with van der Waals surface area (Å²) in [5.74, 6) is 0.668. The zero-order chi connectivity index (χ0) is 22.9. The summed E-state index contributed by atoms with van der Waals surface area (Å²) in [5, 5.41) is 25.5. The lowest BCUT2D eigenvalue weighted by molar-refractivity contribution is -0.00177. The zero-order valence-corrected chi connectivity index (χ0v) is 18.0. The van der Waals surface area contributed by atoms with Gasteiger partial charge in [-0.15, -0.1) is 0 Å². The van der Waals surface area contributed by atoms with Gasteiger partial charge in [-0.1, -0.05) is 0 Å². The fourth-order valence-corrected chi connectivity index (χ4v) is 3.28. The minimum Gasteiger partial charge on any atom is -0.387 e. The molecule has 0 aromatic carbocycles. The summed E-state index contributed by atoms with van der Waals surface area (Å²) in [5.41, 5.74) is 0.463. The molecule has 1 atom stereocenters. The monoisotopic (exact) mass is 436 g/mol. The van der Waals surface area contributed by atoms with Crippen molar-refractivity contribution in [3.8, 4) is 11.9 Å². The Hall–Kier alpha value is -3.51. The first-order chi connectivity index (χ1) is 15.3. The number of aliphatic hydroxyl groups is 1. The third-order valence-electron chi connectivity index (χ3n) is 5.52. The second-order valence-electron chi connectivity index (χ2n) is 8.68. The van der Waals surface area contributed by atoms with Crippen molar-refractivity contribution in [1.82, 2.24) is 19.9 Å². The number of fused-ring (bicyclic) bond motifs is 1. The predicted molar refractivity (Wildman–Crippen MR) is 118 cm³/mol. The number of alkyl halides is 1. The van der Waals surface area contributed by atoms with Crippen LogP contribution in [0.1, 0.15) is 42.6 Å². The van der Waals surface area contributed by atoms with Crippen molar-refractivity contribution in [2.45, 2.75) is 38.5 Å². The summed E-state index contributed by atoms with van der Waals surface area (Å²) < 4.78 is 15.9. The number of halogens is 1. The molecule has 0 aliphatic heterocycles. The van der Waals surface area contributed by atoms with E-state index in [1.165, 1.54) is 26.2 Å². The van der Waals surface area contributed by atoms with E-state index in [9.17, 15) is 14.3 Å². The average Bonchev–Trinajstić information content (AvgIpc) is 3.51. The van der Waals surface area contributed by atoms with Crippen LogP contribution in [-0.4, -0.2) is 50.4 Å². The number of nitrogens with zero attached hydrogens (tertiary/aromatic N) is 4. The number of amides is 1. The Balaban J connectivity index is 1.62. The Kier molecular flexibility index (Phi) is 5.80. The van der Waals surface area contributed by atoms with E-state index in [2.05, 4.69) is 26.7 Å². The van der Waals surface area contributed by atoms with Gasteiger partial charge in [-0.2, -0.15) is 5.26 Å². The number of aromatic nitrogens is 3. The van der Waals surface area contributed by atoms with Crippen LogP contribution in [0.5, 0.6) is 0 Å². The van der Waals surface area contributed by atoms with Gasteiger partial charge in [-0.3, -0.25) is 9.36 Å².